The van der Waals surface area contributed by atoms with E-state index in [1.54, 1.807) is 50.6 Å². The molecule has 0 saturated heterocycles. The summed E-state index contributed by atoms with van der Waals surface area (Å²) in [7, 11) is 3.18. The number of methoxy groups -OCH3 is 2. The molecule has 0 aliphatic rings. The molecule has 2 aromatic rings. The van der Waals surface area contributed by atoms with Crippen molar-refractivity contribution < 1.29 is 14.6 Å². The summed E-state index contributed by atoms with van der Waals surface area (Å²) >= 11 is 6.11. The van der Waals surface area contributed by atoms with Crippen LogP contribution in [0.25, 0.3) is 0 Å². The van der Waals surface area contributed by atoms with Gasteiger partial charge >= 0.3 is 0 Å². The number of benzene rings is 2. The first-order valence-electron chi connectivity index (χ1n) is 6.07. The number of halogens is 1. The second kappa shape index (κ2) is 6.39. The summed E-state index contributed by atoms with van der Waals surface area (Å²) in [6.45, 7) is 0.427. The summed E-state index contributed by atoms with van der Waals surface area (Å²) < 4.78 is 10.3. The molecule has 0 amide bonds. The maximum atomic E-state index is 9.83. The maximum absolute atomic E-state index is 9.83. The van der Waals surface area contributed by atoms with Gasteiger partial charge in [-0.1, -0.05) is 11.6 Å². The molecule has 2 aromatic carbocycles. The van der Waals surface area contributed by atoms with Gasteiger partial charge in [-0.25, -0.2) is 0 Å². The zero-order valence-electron chi connectivity index (χ0n) is 11.3. The number of rotatable bonds is 5. The minimum Gasteiger partial charge on any atom is -0.508 e. The Bertz CT molecular complexity index is 548. The lowest BCUT2D eigenvalue weighted by Gasteiger charge is -2.12. The van der Waals surface area contributed by atoms with Gasteiger partial charge < -0.3 is 19.9 Å². The molecule has 0 bridgehead atoms. The molecule has 0 aliphatic heterocycles. The fourth-order valence-electron chi connectivity index (χ4n) is 1.79. The molecule has 0 atom stereocenters. The van der Waals surface area contributed by atoms with Gasteiger partial charge in [0.2, 0.25) is 0 Å². The van der Waals surface area contributed by atoms with Crippen molar-refractivity contribution in [3.8, 4) is 17.2 Å². The highest BCUT2D eigenvalue weighted by Gasteiger charge is 2.06. The van der Waals surface area contributed by atoms with Crippen LogP contribution in [0.4, 0.5) is 5.69 Å². The predicted molar refractivity (Wildman–Crippen MR) is 80.0 cm³/mol. The van der Waals surface area contributed by atoms with Gasteiger partial charge in [-0.2, -0.15) is 0 Å². The number of anilines is 1. The van der Waals surface area contributed by atoms with Crippen LogP contribution in [0.1, 0.15) is 5.56 Å². The van der Waals surface area contributed by atoms with Crippen LogP contribution in [0.5, 0.6) is 17.2 Å². The second-order valence-corrected chi connectivity index (χ2v) is 4.60. The van der Waals surface area contributed by atoms with Gasteiger partial charge in [0.05, 0.1) is 24.9 Å². The molecule has 2 rings (SSSR count). The zero-order chi connectivity index (χ0) is 14.5. The second-order valence-electron chi connectivity index (χ2n) is 4.19. The van der Waals surface area contributed by atoms with Crippen LogP contribution in [0.3, 0.4) is 0 Å². The van der Waals surface area contributed by atoms with Crippen LogP contribution in [-0.2, 0) is 6.54 Å². The Morgan fingerprint density at radius 2 is 1.70 bits per heavy atom. The SMILES string of the molecule is COc1ccc(O)c(CNc2cc(OC)ccc2Cl)c1. The number of hydrogen-bond acceptors (Lipinski definition) is 4. The van der Waals surface area contributed by atoms with Gasteiger partial charge in [-0.3, -0.25) is 0 Å². The molecule has 0 aromatic heterocycles. The molecule has 4 nitrogen and oxygen atoms in total. The highest BCUT2D eigenvalue weighted by atomic mass is 35.5. The van der Waals surface area contributed by atoms with Crippen molar-refractivity contribution >= 4 is 17.3 Å². The number of nitrogens with one attached hydrogen (secondary N) is 1. The largest absolute Gasteiger partial charge is 0.508 e. The first kappa shape index (κ1) is 14.3. The third-order valence-electron chi connectivity index (χ3n) is 2.93. The Kier molecular flexibility index (Phi) is 4.58. The predicted octanol–water partition coefficient (Wildman–Crippen LogP) is 3.67. The summed E-state index contributed by atoms with van der Waals surface area (Å²) in [4.78, 5) is 0. The Morgan fingerprint density at radius 3 is 2.40 bits per heavy atom. The highest BCUT2D eigenvalue weighted by Crippen LogP contribution is 2.29. The van der Waals surface area contributed by atoms with E-state index in [9.17, 15) is 5.11 Å². The molecular weight excluding hydrogens is 278 g/mol. The van der Waals surface area contributed by atoms with E-state index in [0.717, 1.165) is 11.3 Å². The van der Waals surface area contributed by atoms with Crippen molar-refractivity contribution in [1.29, 1.82) is 0 Å². The number of phenolic OH excluding ortho intramolecular Hbond substituents is 1. The average molecular weight is 294 g/mol. The Labute approximate surface area is 122 Å². The number of ether oxygens (including phenoxy) is 2. The molecular formula is C15H16ClNO3. The molecule has 0 unspecified atom stereocenters. The highest BCUT2D eigenvalue weighted by molar-refractivity contribution is 6.33. The van der Waals surface area contributed by atoms with Gasteiger partial charge in [-0.15, -0.1) is 0 Å². The van der Waals surface area contributed by atoms with Crippen LogP contribution < -0.4 is 14.8 Å². The smallest absolute Gasteiger partial charge is 0.121 e. The molecule has 5 heteroatoms. The first-order valence-corrected chi connectivity index (χ1v) is 6.45. The molecule has 0 spiro atoms. The quantitative estimate of drug-likeness (QED) is 0.883. The van der Waals surface area contributed by atoms with Gasteiger partial charge in [0.25, 0.3) is 0 Å². The van der Waals surface area contributed by atoms with Gasteiger partial charge in [0, 0.05) is 18.2 Å². The lowest BCUT2D eigenvalue weighted by atomic mass is 10.2. The van der Waals surface area contributed by atoms with Gasteiger partial charge in [-0.05, 0) is 30.3 Å². The van der Waals surface area contributed by atoms with E-state index < -0.39 is 0 Å². The van der Waals surface area contributed by atoms with E-state index in [1.165, 1.54) is 0 Å². The summed E-state index contributed by atoms with van der Waals surface area (Å²) in [6.07, 6.45) is 0. The summed E-state index contributed by atoms with van der Waals surface area (Å²) in [5.41, 5.74) is 1.47. The van der Waals surface area contributed by atoms with E-state index >= 15 is 0 Å². The van der Waals surface area contributed by atoms with Crippen molar-refractivity contribution in [3.63, 3.8) is 0 Å². The van der Waals surface area contributed by atoms with E-state index in [1.807, 2.05) is 0 Å². The molecule has 0 aliphatic carbocycles. The number of aromatic hydroxyl groups is 1. The monoisotopic (exact) mass is 293 g/mol. The molecule has 0 heterocycles. The summed E-state index contributed by atoms with van der Waals surface area (Å²) in [5.74, 6) is 1.61. The minimum absolute atomic E-state index is 0.206. The fraction of sp³-hybridized carbons (Fsp3) is 0.200. The molecule has 0 saturated carbocycles. The van der Waals surface area contributed by atoms with Crippen LogP contribution in [0.15, 0.2) is 36.4 Å². The topological polar surface area (TPSA) is 50.7 Å². The van der Waals surface area contributed by atoms with Gasteiger partial charge in [0.15, 0.2) is 0 Å². The minimum atomic E-state index is 0.206. The van der Waals surface area contributed by atoms with Crippen molar-refractivity contribution in [3.05, 3.63) is 47.0 Å². The van der Waals surface area contributed by atoms with Crippen LogP contribution >= 0.6 is 11.6 Å². The summed E-state index contributed by atoms with van der Waals surface area (Å²) in [6, 6.07) is 10.4. The summed E-state index contributed by atoms with van der Waals surface area (Å²) in [5, 5.41) is 13.6. The normalized spacial score (nSPS) is 10.2. The third kappa shape index (κ3) is 3.27. The Balaban J connectivity index is 2.16. The Morgan fingerprint density at radius 1 is 1.05 bits per heavy atom. The molecule has 0 fully saturated rings. The standard InChI is InChI=1S/C15H16ClNO3/c1-19-11-4-6-15(18)10(7-11)9-17-14-8-12(20-2)3-5-13(14)16/h3-8,17-18H,9H2,1-2H3. The van der Waals surface area contributed by atoms with E-state index in [-0.39, 0.29) is 5.75 Å². The molecule has 0 radical (unpaired) electrons. The van der Waals surface area contributed by atoms with Crippen molar-refractivity contribution in [2.45, 2.75) is 6.54 Å². The van der Waals surface area contributed by atoms with E-state index in [0.29, 0.717) is 23.1 Å². The average Bonchev–Trinajstić information content (AvgIpc) is 2.48. The lowest BCUT2D eigenvalue weighted by Crippen LogP contribution is -2.01. The van der Waals surface area contributed by atoms with Crippen molar-refractivity contribution in [1.82, 2.24) is 0 Å². The van der Waals surface area contributed by atoms with Crippen molar-refractivity contribution in [2.75, 3.05) is 19.5 Å². The molecule has 2 N–H and O–H groups in total. The van der Waals surface area contributed by atoms with E-state index in [4.69, 9.17) is 21.1 Å². The number of phenols is 1. The number of hydrogen-bond donors (Lipinski definition) is 2. The van der Waals surface area contributed by atoms with Crippen LogP contribution in [-0.4, -0.2) is 19.3 Å². The maximum Gasteiger partial charge on any atom is 0.121 e. The molecule has 20 heavy (non-hydrogen) atoms. The zero-order valence-corrected chi connectivity index (χ0v) is 12.1. The first-order chi connectivity index (χ1) is 9.63. The van der Waals surface area contributed by atoms with Crippen LogP contribution in [0, 0.1) is 0 Å². The third-order valence-corrected chi connectivity index (χ3v) is 3.26. The Hall–Kier alpha value is -2.07. The molecule has 106 valence electrons. The lowest BCUT2D eigenvalue weighted by molar-refractivity contribution is 0.411. The van der Waals surface area contributed by atoms with Gasteiger partial charge in [0.1, 0.15) is 17.2 Å². The van der Waals surface area contributed by atoms with Crippen LogP contribution in [0.2, 0.25) is 5.02 Å². The van der Waals surface area contributed by atoms with Crippen molar-refractivity contribution in [2.24, 2.45) is 0 Å². The fourth-order valence-corrected chi connectivity index (χ4v) is 1.97. The van der Waals surface area contributed by atoms with E-state index in [2.05, 4.69) is 5.32 Å².